The highest BCUT2D eigenvalue weighted by Crippen LogP contribution is 2.29. The van der Waals surface area contributed by atoms with E-state index in [-0.39, 0.29) is 4.83 Å². The zero-order valence-corrected chi connectivity index (χ0v) is 8.53. The van der Waals surface area contributed by atoms with Crippen molar-refractivity contribution in [3.8, 4) is 0 Å². The van der Waals surface area contributed by atoms with Crippen molar-refractivity contribution in [3.63, 3.8) is 0 Å². The lowest BCUT2D eigenvalue weighted by atomic mass is 10.1. The minimum atomic E-state index is 0.229. The molecule has 0 aliphatic heterocycles. The standard InChI is InChI=1S/C10H9BrN2/c11-10(9-6-12-13-7-9)8-4-2-1-3-5-8/h1-7,10H,(H,12,13). The topological polar surface area (TPSA) is 28.7 Å². The first-order valence-electron chi connectivity index (χ1n) is 4.05. The van der Waals surface area contributed by atoms with E-state index in [1.54, 1.807) is 0 Å². The highest BCUT2D eigenvalue weighted by Gasteiger charge is 2.09. The zero-order chi connectivity index (χ0) is 9.10. The molecule has 0 spiro atoms. The summed E-state index contributed by atoms with van der Waals surface area (Å²) in [4.78, 5) is 0.229. The Morgan fingerprint density at radius 2 is 1.92 bits per heavy atom. The SMILES string of the molecule is BrC(c1ccccc1)c1cn[nH]c1. The van der Waals surface area contributed by atoms with Gasteiger partial charge in [-0.05, 0) is 5.56 Å². The monoisotopic (exact) mass is 236 g/mol. The van der Waals surface area contributed by atoms with Gasteiger partial charge in [-0.15, -0.1) is 0 Å². The molecule has 0 aliphatic rings. The molecule has 0 bridgehead atoms. The molecule has 2 nitrogen and oxygen atoms in total. The molecule has 1 heterocycles. The van der Waals surface area contributed by atoms with Crippen molar-refractivity contribution in [2.75, 3.05) is 0 Å². The maximum absolute atomic E-state index is 3.91. The molecule has 0 saturated heterocycles. The first-order chi connectivity index (χ1) is 6.38. The summed E-state index contributed by atoms with van der Waals surface area (Å²) in [6, 6.07) is 10.3. The Kier molecular flexibility index (Phi) is 2.45. The third kappa shape index (κ3) is 1.80. The second kappa shape index (κ2) is 3.75. The lowest BCUT2D eigenvalue weighted by molar-refractivity contribution is 1.09. The van der Waals surface area contributed by atoms with E-state index in [0.29, 0.717) is 0 Å². The molecule has 0 radical (unpaired) electrons. The first-order valence-corrected chi connectivity index (χ1v) is 4.97. The number of hydrogen-bond acceptors (Lipinski definition) is 1. The fraction of sp³-hybridized carbons (Fsp3) is 0.100. The second-order valence-electron chi connectivity index (χ2n) is 2.80. The van der Waals surface area contributed by atoms with Gasteiger partial charge in [0, 0.05) is 11.8 Å². The Hall–Kier alpha value is -1.09. The van der Waals surface area contributed by atoms with Crippen LogP contribution in [0.2, 0.25) is 0 Å². The van der Waals surface area contributed by atoms with Crippen molar-refractivity contribution >= 4 is 15.9 Å². The normalized spacial score (nSPS) is 12.7. The molecule has 66 valence electrons. The molecule has 2 aromatic rings. The average molecular weight is 237 g/mol. The van der Waals surface area contributed by atoms with Gasteiger partial charge in [0.15, 0.2) is 0 Å². The van der Waals surface area contributed by atoms with E-state index in [4.69, 9.17) is 0 Å². The van der Waals surface area contributed by atoms with Crippen molar-refractivity contribution in [1.82, 2.24) is 10.2 Å². The number of alkyl halides is 1. The third-order valence-electron chi connectivity index (χ3n) is 1.90. The quantitative estimate of drug-likeness (QED) is 0.799. The minimum Gasteiger partial charge on any atom is -0.285 e. The van der Waals surface area contributed by atoms with Crippen LogP contribution in [0.25, 0.3) is 0 Å². The van der Waals surface area contributed by atoms with Gasteiger partial charge in [0.2, 0.25) is 0 Å². The average Bonchev–Trinajstić information content (AvgIpc) is 2.71. The van der Waals surface area contributed by atoms with Crippen LogP contribution >= 0.6 is 15.9 Å². The smallest absolute Gasteiger partial charge is 0.0675 e. The van der Waals surface area contributed by atoms with E-state index >= 15 is 0 Å². The van der Waals surface area contributed by atoms with Crippen molar-refractivity contribution in [1.29, 1.82) is 0 Å². The Morgan fingerprint density at radius 3 is 2.54 bits per heavy atom. The number of rotatable bonds is 2. The van der Waals surface area contributed by atoms with E-state index in [9.17, 15) is 0 Å². The molecular weight excluding hydrogens is 228 g/mol. The zero-order valence-electron chi connectivity index (χ0n) is 6.94. The Labute approximate surface area is 85.1 Å². The molecule has 0 fully saturated rings. The summed E-state index contributed by atoms with van der Waals surface area (Å²) in [5, 5.41) is 6.71. The minimum absolute atomic E-state index is 0.229. The van der Waals surface area contributed by atoms with Gasteiger partial charge in [-0.3, -0.25) is 5.10 Å². The van der Waals surface area contributed by atoms with Crippen LogP contribution in [0, 0.1) is 0 Å². The third-order valence-corrected chi connectivity index (χ3v) is 2.96. The van der Waals surface area contributed by atoms with Crippen molar-refractivity contribution in [2.45, 2.75) is 4.83 Å². The van der Waals surface area contributed by atoms with E-state index < -0.39 is 0 Å². The molecule has 3 heteroatoms. The number of H-pyrrole nitrogens is 1. The molecular formula is C10H9BrN2. The Bertz CT molecular complexity index is 356. The van der Waals surface area contributed by atoms with Crippen molar-refractivity contribution in [3.05, 3.63) is 53.9 Å². The summed E-state index contributed by atoms with van der Waals surface area (Å²) in [5.41, 5.74) is 2.38. The number of aromatic amines is 1. The lowest BCUT2D eigenvalue weighted by Crippen LogP contribution is -1.89. The van der Waals surface area contributed by atoms with Crippen LogP contribution in [0.4, 0.5) is 0 Å². The van der Waals surface area contributed by atoms with Crippen LogP contribution in [0.15, 0.2) is 42.7 Å². The molecule has 1 atom stereocenters. The maximum Gasteiger partial charge on any atom is 0.0675 e. The van der Waals surface area contributed by atoms with Gasteiger partial charge in [-0.25, -0.2) is 0 Å². The summed E-state index contributed by atoms with van der Waals surface area (Å²) < 4.78 is 0. The number of hydrogen-bond donors (Lipinski definition) is 1. The van der Waals surface area contributed by atoms with Crippen LogP contribution in [0.3, 0.4) is 0 Å². The highest BCUT2D eigenvalue weighted by molar-refractivity contribution is 9.09. The molecule has 0 saturated carbocycles. The van der Waals surface area contributed by atoms with Gasteiger partial charge in [0.1, 0.15) is 0 Å². The fourth-order valence-electron chi connectivity index (χ4n) is 1.21. The van der Waals surface area contributed by atoms with E-state index in [1.165, 1.54) is 5.56 Å². The van der Waals surface area contributed by atoms with Crippen molar-refractivity contribution < 1.29 is 0 Å². The Balaban J connectivity index is 2.29. The molecule has 13 heavy (non-hydrogen) atoms. The summed E-state index contributed by atoms with van der Waals surface area (Å²) in [6.45, 7) is 0. The first kappa shape index (κ1) is 8.51. The molecule has 1 unspecified atom stereocenters. The number of nitrogens with zero attached hydrogens (tertiary/aromatic N) is 1. The fourth-order valence-corrected chi connectivity index (χ4v) is 1.77. The summed E-state index contributed by atoms with van der Waals surface area (Å²) in [7, 11) is 0. The molecule has 1 aromatic heterocycles. The molecule has 1 N–H and O–H groups in total. The number of halogens is 1. The van der Waals surface area contributed by atoms with Crippen LogP contribution < -0.4 is 0 Å². The van der Waals surface area contributed by atoms with Gasteiger partial charge in [-0.2, -0.15) is 5.10 Å². The number of aromatic nitrogens is 2. The van der Waals surface area contributed by atoms with E-state index in [0.717, 1.165) is 5.56 Å². The van der Waals surface area contributed by atoms with Crippen LogP contribution in [0.5, 0.6) is 0 Å². The molecule has 0 amide bonds. The number of nitrogens with one attached hydrogen (secondary N) is 1. The predicted molar refractivity (Wildman–Crippen MR) is 55.8 cm³/mol. The van der Waals surface area contributed by atoms with Gasteiger partial charge >= 0.3 is 0 Å². The lowest BCUT2D eigenvalue weighted by Gasteiger charge is -2.06. The van der Waals surface area contributed by atoms with E-state index in [1.807, 2.05) is 30.6 Å². The van der Waals surface area contributed by atoms with Crippen LogP contribution in [-0.4, -0.2) is 10.2 Å². The van der Waals surface area contributed by atoms with E-state index in [2.05, 4.69) is 38.3 Å². The largest absolute Gasteiger partial charge is 0.285 e. The maximum atomic E-state index is 3.91. The summed E-state index contributed by atoms with van der Waals surface area (Å²) >= 11 is 3.61. The summed E-state index contributed by atoms with van der Waals surface area (Å²) in [6.07, 6.45) is 3.72. The molecule has 2 rings (SSSR count). The highest BCUT2D eigenvalue weighted by atomic mass is 79.9. The van der Waals surface area contributed by atoms with Gasteiger partial charge in [0.05, 0.1) is 11.0 Å². The second-order valence-corrected chi connectivity index (χ2v) is 3.72. The number of benzene rings is 1. The summed E-state index contributed by atoms with van der Waals surface area (Å²) in [5.74, 6) is 0. The van der Waals surface area contributed by atoms with Crippen LogP contribution in [0.1, 0.15) is 16.0 Å². The van der Waals surface area contributed by atoms with Crippen molar-refractivity contribution in [2.24, 2.45) is 0 Å². The Morgan fingerprint density at radius 1 is 1.15 bits per heavy atom. The van der Waals surface area contributed by atoms with Crippen LogP contribution in [-0.2, 0) is 0 Å². The molecule has 1 aromatic carbocycles. The predicted octanol–water partition coefficient (Wildman–Crippen LogP) is 2.89. The van der Waals surface area contributed by atoms with Gasteiger partial charge in [0.25, 0.3) is 0 Å². The molecule has 0 aliphatic carbocycles. The van der Waals surface area contributed by atoms with Gasteiger partial charge < -0.3 is 0 Å². The van der Waals surface area contributed by atoms with Gasteiger partial charge in [-0.1, -0.05) is 46.3 Å².